The lowest BCUT2D eigenvalue weighted by Gasteiger charge is -2.29. The van der Waals surface area contributed by atoms with E-state index in [-0.39, 0.29) is 28.7 Å². The Hall–Kier alpha value is -2.71. The first-order valence-corrected chi connectivity index (χ1v) is 13.0. The Morgan fingerprint density at radius 1 is 1.06 bits per heavy atom. The summed E-state index contributed by atoms with van der Waals surface area (Å²) < 4.78 is 29.0. The van der Waals surface area contributed by atoms with Gasteiger partial charge in [-0.25, -0.2) is 8.42 Å². The van der Waals surface area contributed by atoms with Crippen LogP contribution in [0.1, 0.15) is 56.3 Å². The Balaban J connectivity index is 1.52. The van der Waals surface area contributed by atoms with Crippen LogP contribution in [0, 0.1) is 5.92 Å². The highest BCUT2D eigenvalue weighted by Crippen LogP contribution is 2.31. The lowest BCUT2D eigenvalue weighted by atomic mass is 9.87. The number of nitrogens with zero attached hydrogens (tertiary/aromatic N) is 1. The Labute approximate surface area is 195 Å². The van der Waals surface area contributed by atoms with Gasteiger partial charge in [0, 0.05) is 19.2 Å². The molecule has 2 aromatic rings. The Morgan fingerprint density at radius 3 is 2.55 bits per heavy atom. The molecule has 33 heavy (non-hydrogen) atoms. The molecule has 2 N–H and O–H groups in total. The van der Waals surface area contributed by atoms with Gasteiger partial charge in [-0.3, -0.25) is 9.59 Å². The number of aryl methyl sites for hydroxylation is 1. The minimum atomic E-state index is -3.92. The highest BCUT2D eigenvalue weighted by atomic mass is 32.2. The molecule has 0 saturated heterocycles. The molecule has 0 bridgehead atoms. The number of fused-ring (bicyclic) bond motifs is 2. The summed E-state index contributed by atoms with van der Waals surface area (Å²) in [6.07, 6.45) is 3.40. The molecule has 0 unspecified atom stereocenters. The summed E-state index contributed by atoms with van der Waals surface area (Å²) >= 11 is 0. The van der Waals surface area contributed by atoms with Crippen molar-refractivity contribution in [2.24, 2.45) is 5.92 Å². The lowest BCUT2D eigenvalue weighted by Crippen LogP contribution is -2.50. The second-order valence-electron chi connectivity index (χ2n) is 9.21. The number of nitrogens with one attached hydrogen (secondary N) is 2. The molecule has 0 fully saturated rings. The molecule has 0 spiro atoms. The van der Waals surface area contributed by atoms with Gasteiger partial charge in [0.2, 0.25) is 21.8 Å². The average Bonchev–Trinajstić information content (AvgIpc) is 3.21. The zero-order chi connectivity index (χ0) is 23.8. The molecular weight excluding hydrogens is 438 g/mol. The maximum atomic E-state index is 13.2. The third kappa shape index (κ3) is 4.82. The monoisotopic (exact) mass is 469 g/mol. The maximum absolute atomic E-state index is 13.2. The number of rotatable bonds is 6. The molecule has 176 valence electrons. The van der Waals surface area contributed by atoms with Crippen LogP contribution in [0.5, 0.6) is 0 Å². The van der Waals surface area contributed by atoms with Crippen molar-refractivity contribution in [2.45, 2.75) is 63.4 Å². The summed E-state index contributed by atoms with van der Waals surface area (Å²) in [7, 11) is -3.92. The van der Waals surface area contributed by atoms with Gasteiger partial charge < -0.3 is 10.2 Å². The normalized spacial score (nSPS) is 18.5. The van der Waals surface area contributed by atoms with E-state index < -0.39 is 16.1 Å². The topological polar surface area (TPSA) is 95.6 Å². The Kier molecular flexibility index (Phi) is 6.59. The van der Waals surface area contributed by atoms with Crippen molar-refractivity contribution in [1.82, 2.24) is 10.0 Å². The number of carbonyl (C=O) groups excluding carboxylic acids is 2. The molecule has 2 amide bonds. The number of anilines is 1. The van der Waals surface area contributed by atoms with Crippen LogP contribution in [-0.4, -0.2) is 32.8 Å². The number of amides is 2. The Morgan fingerprint density at radius 2 is 1.82 bits per heavy atom. The molecule has 1 heterocycles. The smallest absolute Gasteiger partial charge is 0.241 e. The summed E-state index contributed by atoms with van der Waals surface area (Å²) in [6.45, 7) is 5.70. The van der Waals surface area contributed by atoms with Crippen molar-refractivity contribution >= 4 is 27.5 Å². The SMILES string of the molecule is CC(=O)N1CCc2cc(S(=O)(=O)N[C@H](C(=O)N[C@H]3CCCc4ccccc43)C(C)C)ccc21. The number of hydrogen-bond acceptors (Lipinski definition) is 4. The molecular formula is C25H31N3O4S. The van der Waals surface area contributed by atoms with Gasteiger partial charge in [-0.1, -0.05) is 38.1 Å². The van der Waals surface area contributed by atoms with E-state index in [2.05, 4.69) is 16.1 Å². The summed E-state index contributed by atoms with van der Waals surface area (Å²) in [4.78, 5) is 26.7. The second kappa shape index (κ2) is 9.27. The van der Waals surface area contributed by atoms with Gasteiger partial charge in [0.25, 0.3) is 0 Å². The quantitative estimate of drug-likeness (QED) is 0.680. The highest BCUT2D eigenvalue weighted by Gasteiger charge is 2.32. The zero-order valence-electron chi connectivity index (χ0n) is 19.3. The van der Waals surface area contributed by atoms with E-state index in [1.165, 1.54) is 18.6 Å². The predicted molar refractivity (Wildman–Crippen MR) is 127 cm³/mol. The summed E-state index contributed by atoms with van der Waals surface area (Å²) in [6, 6.07) is 11.8. The van der Waals surface area contributed by atoms with Gasteiger partial charge >= 0.3 is 0 Å². The number of benzene rings is 2. The van der Waals surface area contributed by atoms with Crippen molar-refractivity contribution in [2.75, 3.05) is 11.4 Å². The first-order chi connectivity index (χ1) is 15.7. The van der Waals surface area contributed by atoms with Crippen molar-refractivity contribution < 1.29 is 18.0 Å². The van der Waals surface area contributed by atoms with Crippen LogP contribution in [0.15, 0.2) is 47.4 Å². The minimum Gasteiger partial charge on any atom is -0.348 e. The standard InChI is InChI=1S/C25H31N3O4S/c1-16(2)24(25(30)26-22-10-6-8-18-7-4-5-9-21(18)22)27-33(31,32)20-11-12-23-19(15-20)13-14-28(23)17(3)29/h4-5,7,9,11-12,15-16,22,24,27H,6,8,10,13-14H2,1-3H3,(H,26,30)/t22-,24-/m0/s1. The van der Waals surface area contributed by atoms with Crippen LogP contribution in [0.3, 0.4) is 0 Å². The van der Waals surface area contributed by atoms with Gasteiger partial charge in [0.1, 0.15) is 6.04 Å². The fourth-order valence-electron chi connectivity index (χ4n) is 4.77. The van der Waals surface area contributed by atoms with Gasteiger partial charge in [0.15, 0.2) is 0 Å². The van der Waals surface area contributed by atoms with Gasteiger partial charge in [-0.05, 0) is 66.5 Å². The molecule has 0 aromatic heterocycles. The molecule has 7 nitrogen and oxygen atoms in total. The highest BCUT2D eigenvalue weighted by molar-refractivity contribution is 7.89. The van der Waals surface area contributed by atoms with E-state index in [9.17, 15) is 18.0 Å². The molecule has 4 rings (SSSR count). The second-order valence-corrected chi connectivity index (χ2v) is 10.9. The van der Waals surface area contributed by atoms with Gasteiger partial charge in [-0.15, -0.1) is 0 Å². The average molecular weight is 470 g/mol. The van der Waals surface area contributed by atoms with E-state index in [4.69, 9.17) is 0 Å². The lowest BCUT2D eigenvalue weighted by molar-refractivity contribution is -0.124. The molecule has 8 heteroatoms. The molecule has 2 atom stereocenters. The summed E-state index contributed by atoms with van der Waals surface area (Å²) in [5, 5.41) is 3.08. The molecule has 1 aliphatic carbocycles. The van der Waals surface area contributed by atoms with E-state index in [1.807, 2.05) is 32.0 Å². The van der Waals surface area contributed by atoms with E-state index in [0.717, 1.165) is 36.1 Å². The van der Waals surface area contributed by atoms with E-state index >= 15 is 0 Å². The third-order valence-corrected chi connectivity index (χ3v) is 7.99. The van der Waals surface area contributed by atoms with Gasteiger partial charge in [0.05, 0.1) is 10.9 Å². The maximum Gasteiger partial charge on any atom is 0.241 e. The summed E-state index contributed by atoms with van der Waals surface area (Å²) in [5.41, 5.74) is 3.90. The fraction of sp³-hybridized carbons (Fsp3) is 0.440. The van der Waals surface area contributed by atoms with E-state index in [0.29, 0.717) is 13.0 Å². The molecule has 0 saturated carbocycles. The minimum absolute atomic E-state index is 0.0664. The fourth-order valence-corrected chi connectivity index (χ4v) is 6.16. The number of sulfonamides is 1. The first kappa shape index (κ1) is 23.4. The van der Waals surface area contributed by atoms with Crippen molar-refractivity contribution in [3.63, 3.8) is 0 Å². The Bertz CT molecular complexity index is 1180. The van der Waals surface area contributed by atoms with Crippen molar-refractivity contribution in [3.8, 4) is 0 Å². The predicted octanol–water partition coefficient (Wildman–Crippen LogP) is 3.09. The molecule has 0 radical (unpaired) electrons. The molecule has 1 aliphatic heterocycles. The van der Waals surface area contributed by atoms with Crippen LogP contribution >= 0.6 is 0 Å². The van der Waals surface area contributed by atoms with Crippen LogP contribution in [0.4, 0.5) is 5.69 Å². The van der Waals surface area contributed by atoms with Crippen LogP contribution in [0.25, 0.3) is 0 Å². The summed E-state index contributed by atoms with van der Waals surface area (Å²) in [5.74, 6) is -0.622. The van der Waals surface area contributed by atoms with Crippen LogP contribution in [-0.2, 0) is 32.5 Å². The molecule has 2 aliphatic rings. The van der Waals surface area contributed by atoms with E-state index in [1.54, 1.807) is 17.0 Å². The van der Waals surface area contributed by atoms with Gasteiger partial charge in [-0.2, -0.15) is 4.72 Å². The van der Waals surface area contributed by atoms with Crippen molar-refractivity contribution in [3.05, 3.63) is 59.2 Å². The third-order valence-electron chi connectivity index (χ3n) is 6.55. The number of hydrogen-bond donors (Lipinski definition) is 2. The van der Waals surface area contributed by atoms with Crippen LogP contribution < -0.4 is 14.9 Å². The number of carbonyl (C=O) groups is 2. The zero-order valence-corrected chi connectivity index (χ0v) is 20.1. The van der Waals surface area contributed by atoms with Crippen molar-refractivity contribution in [1.29, 1.82) is 0 Å². The molecule has 2 aromatic carbocycles. The van der Waals surface area contributed by atoms with Crippen LogP contribution in [0.2, 0.25) is 0 Å². The largest absolute Gasteiger partial charge is 0.348 e. The first-order valence-electron chi connectivity index (χ1n) is 11.5.